The number of fused-ring (bicyclic) bond motifs is 2. The van der Waals surface area contributed by atoms with Gasteiger partial charge in [0.1, 0.15) is 0 Å². The van der Waals surface area contributed by atoms with Crippen LogP contribution in [0.15, 0.2) is 72.3 Å². The monoisotopic (exact) mass is 298 g/mol. The third-order valence-corrected chi connectivity index (χ3v) is 5.23. The highest BCUT2D eigenvalue weighted by Gasteiger charge is 2.36. The average molecular weight is 298 g/mol. The van der Waals surface area contributed by atoms with Crippen LogP contribution in [0.2, 0.25) is 0 Å². The third-order valence-electron chi connectivity index (χ3n) is 5.23. The molecule has 2 aliphatic carbocycles. The smallest absolute Gasteiger partial charge is 0.0155 e. The van der Waals surface area contributed by atoms with Crippen molar-refractivity contribution < 1.29 is 0 Å². The number of aryl methyl sites for hydroxylation is 1. The van der Waals surface area contributed by atoms with Crippen LogP contribution in [0.4, 0.5) is 0 Å². The van der Waals surface area contributed by atoms with E-state index in [9.17, 15) is 0 Å². The van der Waals surface area contributed by atoms with Crippen LogP contribution in [0.3, 0.4) is 0 Å². The van der Waals surface area contributed by atoms with E-state index in [0.29, 0.717) is 0 Å². The molecule has 0 fully saturated rings. The van der Waals surface area contributed by atoms with E-state index in [1.54, 1.807) is 0 Å². The molecule has 114 valence electrons. The summed E-state index contributed by atoms with van der Waals surface area (Å²) in [7, 11) is 0. The van der Waals surface area contributed by atoms with Gasteiger partial charge in [-0.2, -0.15) is 0 Å². The minimum atomic E-state index is 0.0773. The van der Waals surface area contributed by atoms with E-state index in [0.717, 1.165) is 6.42 Å². The molecular weight excluding hydrogens is 276 g/mol. The van der Waals surface area contributed by atoms with Crippen molar-refractivity contribution in [3.63, 3.8) is 0 Å². The van der Waals surface area contributed by atoms with Gasteiger partial charge in [0.05, 0.1) is 0 Å². The van der Waals surface area contributed by atoms with Gasteiger partial charge in [0.2, 0.25) is 0 Å². The molecule has 0 amide bonds. The first-order valence-corrected chi connectivity index (χ1v) is 8.36. The first kappa shape index (κ1) is 14.3. The maximum Gasteiger partial charge on any atom is 0.0155 e. The summed E-state index contributed by atoms with van der Waals surface area (Å²) in [5, 5.41) is 0. The largest absolute Gasteiger partial charge is 0.0795 e. The SMILES string of the molecule is Cc1ccc(C2=CC3=C(CC=C2)c2ccccc2C3(C)C)cc1. The van der Waals surface area contributed by atoms with Crippen molar-refractivity contribution in [3.8, 4) is 0 Å². The molecule has 2 aromatic carbocycles. The molecule has 0 aromatic heterocycles. The second-order valence-corrected chi connectivity index (χ2v) is 7.14. The highest BCUT2D eigenvalue weighted by atomic mass is 14.4. The summed E-state index contributed by atoms with van der Waals surface area (Å²) in [5.74, 6) is 0. The van der Waals surface area contributed by atoms with Crippen LogP contribution >= 0.6 is 0 Å². The van der Waals surface area contributed by atoms with E-state index in [2.05, 4.69) is 87.5 Å². The summed E-state index contributed by atoms with van der Waals surface area (Å²) >= 11 is 0. The molecule has 0 N–H and O–H groups in total. The van der Waals surface area contributed by atoms with Crippen LogP contribution in [0.5, 0.6) is 0 Å². The molecule has 0 spiro atoms. The van der Waals surface area contributed by atoms with Crippen molar-refractivity contribution in [2.75, 3.05) is 0 Å². The van der Waals surface area contributed by atoms with Crippen molar-refractivity contribution in [2.24, 2.45) is 0 Å². The van der Waals surface area contributed by atoms with Crippen LogP contribution in [0.1, 0.15) is 42.5 Å². The molecule has 0 heteroatoms. The fourth-order valence-electron chi connectivity index (χ4n) is 3.88. The first-order valence-electron chi connectivity index (χ1n) is 8.36. The summed E-state index contributed by atoms with van der Waals surface area (Å²) in [4.78, 5) is 0. The van der Waals surface area contributed by atoms with E-state index in [4.69, 9.17) is 0 Å². The zero-order valence-electron chi connectivity index (χ0n) is 14.1. The molecule has 0 atom stereocenters. The second-order valence-electron chi connectivity index (χ2n) is 7.14. The number of benzene rings is 2. The van der Waals surface area contributed by atoms with E-state index >= 15 is 0 Å². The van der Waals surface area contributed by atoms with Gasteiger partial charge in [0, 0.05) is 5.41 Å². The van der Waals surface area contributed by atoms with E-state index in [-0.39, 0.29) is 5.41 Å². The van der Waals surface area contributed by atoms with Crippen LogP contribution < -0.4 is 0 Å². The fourth-order valence-corrected chi connectivity index (χ4v) is 3.88. The zero-order valence-corrected chi connectivity index (χ0v) is 14.1. The molecule has 0 radical (unpaired) electrons. The summed E-state index contributed by atoms with van der Waals surface area (Å²) in [5.41, 5.74) is 9.85. The van der Waals surface area contributed by atoms with Gasteiger partial charge < -0.3 is 0 Å². The quantitative estimate of drug-likeness (QED) is 0.598. The summed E-state index contributed by atoms with van der Waals surface area (Å²) in [6, 6.07) is 17.7. The Kier molecular flexibility index (Phi) is 3.16. The van der Waals surface area contributed by atoms with Gasteiger partial charge in [-0.3, -0.25) is 0 Å². The topological polar surface area (TPSA) is 0 Å². The van der Waals surface area contributed by atoms with Gasteiger partial charge >= 0.3 is 0 Å². The minimum absolute atomic E-state index is 0.0773. The van der Waals surface area contributed by atoms with Crippen LogP contribution in [0.25, 0.3) is 11.1 Å². The molecule has 23 heavy (non-hydrogen) atoms. The van der Waals surface area contributed by atoms with Gasteiger partial charge in [-0.05, 0) is 52.8 Å². The maximum absolute atomic E-state index is 2.41. The molecule has 0 unspecified atom stereocenters. The molecule has 0 nitrogen and oxygen atoms in total. The Bertz CT molecular complexity index is 855. The Labute approximate surface area is 138 Å². The molecule has 0 aliphatic heterocycles. The zero-order chi connectivity index (χ0) is 16.0. The lowest BCUT2D eigenvalue weighted by atomic mass is 9.80. The van der Waals surface area contributed by atoms with E-state index in [1.165, 1.54) is 39.0 Å². The van der Waals surface area contributed by atoms with Gasteiger partial charge in [-0.25, -0.2) is 0 Å². The average Bonchev–Trinajstić information content (AvgIpc) is 2.72. The Morgan fingerprint density at radius 3 is 2.43 bits per heavy atom. The molecule has 0 heterocycles. The lowest BCUT2D eigenvalue weighted by molar-refractivity contribution is 0.654. The van der Waals surface area contributed by atoms with Crippen LogP contribution in [-0.4, -0.2) is 0 Å². The van der Waals surface area contributed by atoms with Gasteiger partial charge in [0.15, 0.2) is 0 Å². The summed E-state index contributed by atoms with van der Waals surface area (Å²) < 4.78 is 0. The predicted octanol–water partition coefficient (Wildman–Crippen LogP) is 6.08. The lowest BCUT2D eigenvalue weighted by Gasteiger charge is -2.23. The molecule has 0 saturated heterocycles. The number of hydrogen-bond acceptors (Lipinski definition) is 0. The van der Waals surface area contributed by atoms with Crippen molar-refractivity contribution in [1.82, 2.24) is 0 Å². The van der Waals surface area contributed by atoms with Crippen molar-refractivity contribution in [1.29, 1.82) is 0 Å². The highest BCUT2D eigenvalue weighted by molar-refractivity contribution is 5.89. The number of rotatable bonds is 1. The fraction of sp³-hybridized carbons (Fsp3) is 0.217. The molecule has 0 saturated carbocycles. The third kappa shape index (κ3) is 2.21. The highest BCUT2D eigenvalue weighted by Crippen LogP contribution is 2.49. The Hall–Kier alpha value is -2.34. The molecule has 2 aromatic rings. The lowest BCUT2D eigenvalue weighted by Crippen LogP contribution is -2.16. The Morgan fingerprint density at radius 2 is 1.65 bits per heavy atom. The number of allylic oxidation sites excluding steroid dienone is 6. The molecule has 2 aliphatic rings. The van der Waals surface area contributed by atoms with Crippen LogP contribution in [0, 0.1) is 6.92 Å². The minimum Gasteiger partial charge on any atom is -0.0795 e. The van der Waals surface area contributed by atoms with Crippen molar-refractivity contribution in [2.45, 2.75) is 32.6 Å². The van der Waals surface area contributed by atoms with Crippen molar-refractivity contribution >= 4 is 11.1 Å². The summed E-state index contributed by atoms with van der Waals surface area (Å²) in [6.45, 7) is 6.84. The molecular formula is C23H22. The molecule has 0 bridgehead atoms. The standard InChI is InChI=1S/C23H22/c1-16-11-13-17(14-12-16)18-7-6-9-20-19-8-4-5-10-21(19)23(2,3)22(20)15-18/h4-8,10-15H,9H2,1-3H3. The first-order chi connectivity index (χ1) is 11.1. The van der Waals surface area contributed by atoms with Gasteiger partial charge in [0.25, 0.3) is 0 Å². The second kappa shape index (κ2) is 5.09. The van der Waals surface area contributed by atoms with Gasteiger partial charge in [-0.1, -0.05) is 80.1 Å². The van der Waals surface area contributed by atoms with E-state index < -0.39 is 0 Å². The van der Waals surface area contributed by atoms with Crippen LogP contribution in [-0.2, 0) is 5.41 Å². The van der Waals surface area contributed by atoms with Crippen molar-refractivity contribution in [3.05, 3.63) is 94.6 Å². The summed E-state index contributed by atoms with van der Waals surface area (Å²) in [6.07, 6.45) is 8.01. The molecule has 4 rings (SSSR count). The Morgan fingerprint density at radius 1 is 0.913 bits per heavy atom. The normalized spacial score (nSPS) is 18.3. The van der Waals surface area contributed by atoms with Gasteiger partial charge in [-0.15, -0.1) is 0 Å². The predicted molar refractivity (Wildman–Crippen MR) is 99.3 cm³/mol. The van der Waals surface area contributed by atoms with E-state index in [1.807, 2.05) is 0 Å². The Balaban J connectivity index is 1.88. The maximum atomic E-state index is 2.41. The number of hydrogen-bond donors (Lipinski definition) is 0.